The monoisotopic (exact) mass is 556 g/mol. The van der Waals surface area contributed by atoms with Gasteiger partial charge in [0.05, 0.1) is 38.2 Å². The van der Waals surface area contributed by atoms with E-state index in [-0.39, 0.29) is 29.3 Å². The Labute approximate surface area is 236 Å². The van der Waals surface area contributed by atoms with Crippen molar-refractivity contribution < 1.29 is 14.6 Å². The predicted molar refractivity (Wildman–Crippen MR) is 153 cm³/mol. The smallest absolute Gasteiger partial charge is 0.336 e. The molecule has 2 bridgehead atoms. The molecule has 0 spiro atoms. The van der Waals surface area contributed by atoms with Gasteiger partial charge in [-0.25, -0.2) is 14.3 Å². The zero-order chi connectivity index (χ0) is 28.0. The first kappa shape index (κ1) is 25.7. The van der Waals surface area contributed by atoms with Gasteiger partial charge in [-0.2, -0.15) is 5.26 Å². The first-order chi connectivity index (χ1) is 19.5. The summed E-state index contributed by atoms with van der Waals surface area (Å²) in [6.07, 6.45) is 3.89. The number of hydrogen-bond acceptors (Lipinski definition) is 7. The van der Waals surface area contributed by atoms with Crippen LogP contribution in [0.1, 0.15) is 41.9 Å². The number of thiocarbonyl (C=S) groups is 1. The highest BCUT2D eigenvalue weighted by molar-refractivity contribution is 7.80. The molecule has 1 saturated heterocycles. The molecule has 2 N–H and O–H groups in total. The molecule has 0 radical (unpaired) electrons. The molecule has 0 aliphatic carbocycles. The molecular weight excluding hydrogens is 528 g/mol. The molecular formula is C29H28N6O4S. The molecule has 2 aliphatic rings. The first-order valence-corrected chi connectivity index (χ1v) is 13.5. The van der Waals surface area contributed by atoms with Crippen LogP contribution in [0.15, 0.2) is 53.5 Å². The van der Waals surface area contributed by atoms with Gasteiger partial charge >= 0.3 is 5.69 Å². The minimum absolute atomic E-state index is 0.0937. The van der Waals surface area contributed by atoms with Crippen LogP contribution in [-0.2, 0) is 6.42 Å². The Bertz CT molecular complexity index is 1740. The van der Waals surface area contributed by atoms with Crippen LogP contribution >= 0.6 is 12.2 Å². The van der Waals surface area contributed by atoms with Crippen LogP contribution in [0.3, 0.4) is 0 Å². The maximum Gasteiger partial charge on any atom is 0.336 e. The van der Waals surface area contributed by atoms with Crippen molar-refractivity contribution in [1.29, 1.82) is 5.26 Å². The summed E-state index contributed by atoms with van der Waals surface area (Å²) in [5, 5.41) is 26.1. The average Bonchev–Trinajstić information content (AvgIpc) is 3.65. The molecule has 0 amide bonds. The van der Waals surface area contributed by atoms with Crippen molar-refractivity contribution in [2.75, 3.05) is 27.3 Å². The standard InChI is InChI=1S/C29H28N6O4S/c1-38-24-10-9-17(12-25(24)39-2)6-5-11-31-28(40)33-16-18-13-22(33)26-27(36)35(29(37)34(18)26)23-15-32-21(14-30)19-7-3-4-8-20(19)23/h3-4,7-10,12,15,18,22,36H,5-6,11,13,16H2,1-2H3,(H,31,40)/t18-,22?/m1/s1. The van der Waals surface area contributed by atoms with Gasteiger partial charge in [0.1, 0.15) is 17.5 Å². The number of methoxy groups -OCH3 is 2. The van der Waals surface area contributed by atoms with Gasteiger partial charge in [-0.15, -0.1) is 0 Å². The second kappa shape index (κ2) is 10.2. The Morgan fingerprint density at radius 3 is 2.73 bits per heavy atom. The van der Waals surface area contributed by atoms with E-state index in [0.717, 1.165) is 18.4 Å². The van der Waals surface area contributed by atoms with E-state index in [2.05, 4.69) is 21.3 Å². The van der Waals surface area contributed by atoms with Crippen LogP contribution < -0.4 is 20.5 Å². The van der Waals surface area contributed by atoms with Gasteiger partial charge < -0.3 is 24.8 Å². The summed E-state index contributed by atoms with van der Waals surface area (Å²) < 4.78 is 13.7. The molecule has 2 atom stereocenters. The van der Waals surface area contributed by atoms with E-state index in [9.17, 15) is 15.2 Å². The van der Waals surface area contributed by atoms with Crippen LogP contribution in [0.25, 0.3) is 16.5 Å². The molecule has 1 fully saturated rings. The van der Waals surface area contributed by atoms with Crippen LogP contribution in [0.4, 0.5) is 0 Å². The number of likely N-dealkylation sites (tertiary alicyclic amines) is 1. The summed E-state index contributed by atoms with van der Waals surface area (Å²) in [6, 6.07) is 15.0. The number of nitriles is 1. The lowest BCUT2D eigenvalue weighted by Gasteiger charge is -2.30. The molecule has 6 rings (SSSR count). The third-order valence-corrected chi connectivity index (χ3v) is 8.18. The van der Waals surface area contributed by atoms with Gasteiger partial charge in [-0.1, -0.05) is 30.3 Å². The molecule has 2 aromatic carbocycles. The summed E-state index contributed by atoms with van der Waals surface area (Å²) in [5.41, 5.74) is 2.10. The lowest BCUT2D eigenvalue weighted by molar-refractivity contribution is 0.333. The maximum atomic E-state index is 13.6. The molecule has 40 heavy (non-hydrogen) atoms. The minimum Gasteiger partial charge on any atom is -0.493 e. The second-order valence-corrected chi connectivity index (χ2v) is 10.3. The van der Waals surface area contributed by atoms with Crippen molar-refractivity contribution in [2.45, 2.75) is 31.3 Å². The lowest BCUT2D eigenvalue weighted by atomic mass is 10.1. The number of imidazole rings is 1. The van der Waals surface area contributed by atoms with Crippen molar-refractivity contribution in [2.24, 2.45) is 0 Å². The third kappa shape index (κ3) is 4.03. The Morgan fingerprint density at radius 1 is 1.20 bits per heavy atom. The highest BCUT2D eigenvalue weighted by atomic mass is 32.1. The van der Waals surface area contributed by atoms with Crippen molar-refractivity contribution in [1.82, 2.24) is 24.3 Å². The van der Waals surface area contributed by atoms with Gasteiger partial charge in [0.25, 0.3) is 0 Å². The summed E-state index contributed by atoms with van der Waals surface area (Å²) in [6.45, 7) is 1.28. The highest BCUT2D eigenvalue weighted by Crippen LogP contribution is 2.48. The number of benzene rings is 2. The molecule has 11 heteroatoms. The lowest BCUT2D eigenvalue weighted by Crippen LogP contribution is -2.43. The molecule has 1 unspecified atom stereocenters. The number of rotatable bonds is 7. The molecule has 204 valence electrons. The molecule has 2 aliphatic heterocycles. The number of nitrogens with one attached hydrogen (secondary N) is 1. The Balaban J connectivity index is 1.19. The molecule has 4 aromatic rings. The van der Waals surface area contributed by atoms with Crippen LogP contribution in [-0.4, -0.2) is 56.5 Å². The van der Waals surface area contributed by atoms with E-state index >= 15 is 0 Å². The van der Waals surface area contributed by atoms with Crippen LogP contribution in [0.5, 0.6) is 17.4 Å². The quantitative estimate of drug-likeness (QED) is 0.260. The maximum absolute atomic E-state index is 13.6. The molecule has 0 saturated carbocycles. The van der Waals surface area contributed by atoms with E-state index in [1.165, 1.54) is 10.8 Å². The van der Waals surface area contributed by atoms with Gasteiger partial charge in [-0.05, 0) is 49.2 Å². The zero-order valence-corrected chi connectivity index (χ0v) is 22.9. The fourth-order valence-electron chi connectivity index (χ4n) is 5.96. The topological polar surface area (TPSA) is 118 Å². The number of ether oxygens (including phenoxy) is 2. The molecule has 10 nitrogen and oxygen atoms in total. The number of pyridine rings is 1. The molecule has 4 heterocycles. The van der Waals surface area contributed by atoms with Crippen LogP contribution in [0.2, 0.25) is 0 Å². The number of hydrogen-bond donors (Lipinski definition) is 2. The fourth-order valence-corrected chi connectivity index (χ4v) is 6.26. The minimum atomic E-state index is -0.315. The van der Waals surface area contributed by atoms with E-state index < -0.39 is 0 Å². The van der Waals surface area contributed by atoms with Crippen molar-refractivity contribution >= 4 is 28.1 Å². The van der Waals surface area contributed by atoms with E-state index in [4.69, 9.17) is 21.7 Å². The number of aromatic nitrogens is 3. The first-order valence-electron chi connectivity index (χ1n) is 13.1. The van der Waals surface area contributed by atoms with E-state index in [0.29, 0.717) is 58.3 Å². The normalized spacial score (nSPS) is 17.1. The van der Waals surface area contributed by atoms with Crippen molar-refractivity contribution in [3.63, 3.8) is 0 Å². The van der Waals surface area contributed by atoms with Gasteiger partial charge in [-0.3, -0.25) is 4.57 Å². The van der Waals surface area contributed by atoms with Crippen molar-refractivity contribution in [3.8, 4) is 29.1 Å². The summed E-state index contributed by atoms with van der Waals surface area (Å²) >= 11 is 5.74. The Kier molecular flexibility index (Phi) is 6.56. The number of aromatic hydroxyl groups is 1. The third-order valence-electron chi connectivity index (χ3n) is 7.81. The van der Waals surface area contributed by atoms with E-state index in [1.54, 1.807) is 24.9 Å². The summed E-state index contributed by atoms with van der Waals surface area (Å²) in [4.78, 5) is 19.9. The molecule has 2 aromatic heterocycles. The van der Waals surface area contributed by atoms with Crippen LogP contribution in [0, 0.1) is 11.3 Å². The average molecular weight is 557 g/mol. The number of fused-ring (bicyclic) bond motifs is 6. The Morgan fingerprint density at radius 2 is 1.98 bits per heavy atom. The second-order valence-electron chi connectivity index (χ2n) is 9.93. The van der Waals surface area contributed by atoms with Gasteiger partial charge in [0.15, 0.2) is 16.6 Å². The Hall–Kier alpha value is -4.56. The predicted octanol–water partition coefficient (Wildman–Crippen LogP) is 3.59. The van der Waals surface area contributed by atoms with Crippen molar-refractivity contribution in [3.05, 3.63) is 76.1 Å². The fraction of sp³-hybridized carbons (Fsp3) is 0.310. The highest BCUT2D eigenvalue weighted by Gasteiger charge is 2.48. The van der Waals surface area contributed by atoms with Gasteiger partial charge in [0.2, 0.25) is 5.88 Å². The summed E-state index contributed by atoms with van der Waals surface area (Å²) in [5.74, 6) is 1.29. The number of nitrogens with zero attached hydrogens (tertiary/aromatic N) is 5. The largest absolute Gasteiger partial charge is 0.493 e. The van der Waals surface area contributed by atoms with Gasteiger partial charge in [0, 0.05) is 23.9 Å². The van der Waals surface area contributed by atoms with E-state index in [1.807, 2.05) is 36.4 Å². The summed E-state index contributed by atoms with van der Waals surface area (Å²) in [7, 11) is 3.24. The zero-order valence-electron chi connectivity index (χ0n) is 22.1. The number of aryl methyl sites for hydroxylation is 1. The SMILES string of the molecule is COc1ccc(CCCNC(=S)N2C[C@H]3CC2c2c(O)n(-c4cnc(C#N)c5ccccc45)c(=O)n23)cc1OC.